The summed E-state index contributed by atoms with van der Waals surface area (Å²) in [6, 6.07) is 0.679. The minimum Gasteiger partial charge on any atom is -0.334 e. The number of hydrogen-bond donors (Lipinski definition) is 1. The SMILES string of the molecule is Cc1nccn1CCNC1CCN(C)C1. The monoisotopic (exact) mass is 208 g/mol. The number of nitrogens with zero attached hydrogens (tertiary/aromatic N) is 3. The molecule has 0 aromatic carbocycles. The third-order valence-electron chi connectivity index (χ3n) is 3.10. The Bertz CT molecular complexity index is 307. The van der Waals surface area contributed by atoms with Crippen molar-refractivity contribution in [1.29, 1.82) is 0 Å². The Morgan fingerprint density at radius 2 is 2.47 bits per heavy atom. The van der Waals surface area contributed by atoms with E-state index in [-0.39, 0.29) is 0 Å². The lowest BCUT2D eigenvalue weighted by Crippen LogP contribution is -2.33. The molecule has 0 radical (unpaired) electrons. The molecule has 1 unspecified atom stereocenters. The standard InChI is InChI=1S/C11H20N4/c1-10-12-4-7-15(10)8-5-13-11-3-6-14(2)9-11/h4,7,11,13H,3,5-6,8-9H2,1-2H3. The maximum absolute atomic E-state index is 4.21. The van der Waals surface area contributed by atoms with E-state index in [4.69, 9.17) is 0 Å². The predicted molar refractivity (Wildman–Crippen MR) is 60.9 cm³/mol. The van der Waals surface area contributed by atoms with Gasteiger partial charge in [-0.3, -0.25) is 0 Å². The van der Waals surface area contributed by atoms with Crippen LogP contribution in [0.25, 0.3) is 0 Å². The molecular formula is C11H20N4. The topological polar surface area (TPSA) is 33.1 Å². The fourth-order valence-corrected chi connectivity index (χ4v) is 2.13. The van der Waals surface area contributed by atoms with Crippen LogP contribution in [0.2, 0.25) is 0 Å². The van der Waals surface area contributed by atoms with E-state index in [0.29, 0.717) is 6.04 Å². The van der Waals surface area contributed by atoms with Gasteiger partial charge in [0.1, 0.15) is 5.82 Å². The second kappa shape index (κ2) is 4.77. The van der Waals surface area contributed by atoms with Crippen LogP contribution in [0.1, 0.15) is 12.2 Å². The van der Waals surface area contributed by atoms with Gasteiger partial charge in [-0.15, -0.1) is 0 Å². The Morgan fingerprint density at radius 3 is 3.07 bits per heavy atom. The molecule has 2 heterocycles. The highest BCUT2D eigenvalue weighted by Gasteiger charge is 2.17. The van der Waals surface area contributed by atoms with Crippen LogP contribution in [0.15, 0.2) is 12.4 Å². The zero-order chi connectivity index (χ0) is 10.7. The van der Waals surface area contributed by atoms with Gasteiger partial charge in [0.15, 0.2) is 0 Å². The number of likely N-dealkylation sites (N-methyl/N-ethyl adjacent to an activating group) is 1. The van der Waals surface area contributed by atoms with Gasteiger partial charge < -0.3 is 14.8 Å². The molecule has 0 amide bonds. The van der Waals surface area contributed by atoms with Crippen molar-refractivity contribution >= 4 is 0 Å². The molecule has 1 N–H and O–H groups in total. The first-order chi connectivity index (χ1) is 7.25. The quantitative estimate of drug-likeness (QED) is 0.781. The average Bonchev–Trinajstić information content (AvgIpc) is 2.77. The van der Waals surface area contributed by atoms with Gasteiger partial charge in [0.2, 0.25) is 0 Å². The molecule has 1 fully saturated rings. The van der Waals surface area contributed by atoms with Gasteiger partial charge in [-0.05, 0) is 26.9 Å². The summed E-state index contributed by atoms with van der Waals surface area (Å²) in [7, 11) is 2.18. The minimum atomic E-state index is 0.679. The normalized spacial score (nSPS) is 22.4. The molecule has 4 nitrogen and oxygen atoms in total. The van der Waals surface area contributed by atoms with Gasteiger partial charge in [0, 0.05) is 38.1 Å². The van der Waals surface area contributed by atoms with Crippen LogP contribution < -0.4 is 5.32 Å². The van der Waals surface area contributed by atoms with E-state index in [0.717, 1.165) is 18.9 Å². The lowest BCUT2D eigenvalue weighted by Gasteiger charge is -2.13. The molecule has 1 aliphatic heterocycles. The highest BCUT2D eigenvalue weighted by Crippen LogP contribution is 2.05. The summed E-state index contributed by atoms with van der Waals surface area (Å²) < 4.78 is 2.19. The van der Waals surface area contributed by atoms with Gasteiger partial charge in [-0.1, -0.05) is 0 Å². The van der Waals surface area contributed by atoms with E-state index in [9.17, 15) is 0 Å². The molecule has 4 heteroatoms. The molecule has 0 spiro atoms. The largest absolute Gasteiger partial charge is 0.334 e. The lowest BCUT2D eigenvalue weighted by molar-refractivity contribution is 0.395. The number of aromatic nitrogens is 2. The molecule has 1 aromatic heterocycles. The van der Waals surface area contributed by atoms with Gasteiger partial charge in [0.25, 0.3) is 0 Å². The van der Waals surface area contributed by atoms with Crippen molar-refractivity contribution in [2.75, 3.05) is 26.7 Å². The van der Waals surface area contributed by atoms with Crippen LogP contribution in [0.4, 0.5) is 0 Å². The highest BCUT2D eigenvalue weighted by molar-refractivity contribution is 4.88. The van der Waals surface area contributed by atoms with Crippen molar-refractivity contribution < 1.29 is 0 Å². The van der Waals surface area contributed by atoms with Crippen molar-refractivity contribution in [1.82, 2.24) is 19.8 Å². The molecule has 1 atom stereocenters. The molecule has 0 bridgehead atoms. The first kappa shape index (κ1) is 10.6. The molecule has 84 valence electrons. The van der Waals surface area contributed by atoms with Crippen LogP contribution >= 0.6 is 0 Å². The summed E-state index contributed by atoms with van der Waals surface area (Å²) in [6.07, 6.45) is 5.18. The molecule has 2 rings (SSSR count). The highest BCUT2D eigenvalue weighted by atomic mass is 15.2. The third-order valence-corrected chi connectivity index (χ3v) is 3.10. The van der Waals surface area contributed by atoms with Crippen LogP contribution in [-0.2, 0) is 6.54 Å². The van der Waals surface area contributed by atoms with Crippen molar-refractivity contribution in [2.45, 2.75) is 25.9 Å². The number of aryl methyl sites for hydroxylation is 1. The first-order valence-corrected chi connectivity index (χ1v) is 5.65. The summed E-state index contributed by atoms with van der Waals surface area (Å²) in [4.78, 5) is 6.58. The summed E-state index contributed by atoms with van der Waals surface area (Å²) in [5, 5.41) is 3.59. The predicted octanol–water partition coefficient (Wildman–Crippen LogP) is 0.485. The Kier molecular flexibility index (Phi) is 3.38. The van der Waals surface area contributed by atoms with Crippen LogP contribution in [0, 0.1) is 6.92 Å². The van der Waals surface area contributed by atoms with Crippen molar-refractivity contribution in [2.24, 2.45) is 0 Å². The Balaban J connectivity index is 1.69. The number of nitrogens with one attached hydrogen (secondary N) is 1. The van der Waals surface area contributed by atoms with Crippen LogP contribution in [0.3, 0.4) is 0 Å². The molecule has 1 saturated heterocycles. The molecular weight excluding hydrogens is 188 g/mol. The smallest absolute Gasteiger partial charge is 0.105 e. The molecule has 1 aliphatic rings. The minimum absolute atomic E-state index is 0.679. The zero-order valence-electron chi connectivity index (χ0n) is 9.61. The number of likely N-dealkylation sites (tertiary alicyclic amines) is 1. The van der Waals surface area contributed by atoms with Crippen LogP contribution in [0.5, 0.6) is 0 Å². The summed E-state index contributed by atoms with van der Waals surface area (Å²) in [6.45, 7) is 6.51. The van der Waals surface area contributed by atoms with Gasteiger partial charge >= 0.3 is 0 Å². The summed E-state index contributed by atoms with van der Waals surface area (Å²) >= 11 is 0. The van der Waals surface area contributed by atoms with Gasteiger partial charge in [0.05, 0.1) is 0 Å². The van der Waals surface area contributed by atoms with Crippen molar-refractivity contribution in [3.63, 3.8) is 0 Å². The number of hydrogen-bond acceptors (Lipinski definition) is 3. The first-order valence-electron chi connectivity index (χ1n) is 5.65. The van der Waals surface area contributed by atoms with E-state index < -0.39 is 0 Å². The molecule has 15 heavy (non-hydrogen) atoms. The maximum Gasteiger partial charge on any atom is 0.105 e. The van der Waals surface area contributed by atoms with E-state index in [2.05, 4.69) is 26.8 Å². The van der Waals surface area contributed by atoms with Gasteiger partial charge in [-0.2, -0.15) is 0 Å². The van der Waals surface area contributed by atoms with E-state index >= 15 is 0 Å². The van der Waals surface area contributed by atoms with E-state index in [1.165, 1.54) is 19.5 Å². The lowest BCUT2D eigenvalue weighted by atomic mass is 10.2. The Morgan fingerprint density at radius 1 is 1.60 bits per heavy atom. The van der Waals surface area contributed by atoms with Crippen LogP contribution in [-0.4, -0.2) is 47.2 Å². The zero-order valence-corrected chi connectivity index (χ0v) is 9.61. The Labute approximate surface area is 91.3 Å². The molecule has 0 saturated carbocycles. The molecule has 1 aromatic rings. The number of rotatable bonds is 4. The maximum atomic E-state index is 4.21. The van der Waals surface area contributed by atoms with E-state index in [1.54, 1.807) is 0 Å². The number of imidazole rings is 1. The Hall–Kier alpha value is -0.870. The summed E-state index contributed by atoms with van der Waals surface area (Å²) in [5.74, 6) is 1.10. The second-order valence-electron chi connectivity index (χ2n) is 4.37. The summed E-state index contributed by atoms with van der Waals surface area (Å²) in [5.41, 5.74) is 0. The van der Waals surface area contributed by atoms with Gasteiger partial charge in [-0.25, -0.2) is 4.98 Å². The van der Waals surface area contributed by atoms with E-state index in [1.807, 2.05) is 19.3 Å². The fourth-order valence-electron chi connectivity index (χ4n) is 2.13. The van der Waals surface area contributed by atoms with Crippen molar-refractivity contribution in [3.8, 4) is 0 Å². The van der Waals surface area contributed by atoms with Crippen molar-refractivity contribution in [3.05, 3.63) is 18.2 Å². The third kappa shape index (κ3) is 2.79. The second-order valence-corrected chi connectivity index (χ2v) is 4.37. The fraction of sp³-hybridized carbons (Fsp3) is 0.727. The molecule has 0 aliphatic carbocycles. The average molecular weight is 208 g/mol.